The van der Waals surface area contributed by atoms with Crippen LogP contribution in [0.1, 0.15) is 23.0 Å². The zero-order valence-corrected chi connectivity index (χ0v) is 14.1. The lowest BCUT2D eigenvalue weighted by atomic mass is 10.2. The number of hydrogen-bond acceptors (Lipinski definition) is 4. The Balaban J connectivity index is 1.50. The van der Waals surface area contributed by atoms with Gasteiger partial charge < -0.3 is 14.1 Å². The summed E-state index contributed by atoms with van der Waals surface area (Å²) in [6, 6.07) is 11.7. The zero-order chi connectivity index (χ0) is 16.1. The van der Waals surface area contributed by atoms with Crippen LogP contribution in [0.15, 0.2) is 47.1 Å². The summed E-state index contributed by atoms with van der Waals surface area (Å²) in [5.74, 6) is 2.70. The third-order valence-corrected chi connectivity index (χ3v) is 5.23. The largest absolute Gasteiger partial charge is 0.484 e. The van der Waals surface area contributed by atoms with Crippen molar-refractivity contribution in [2.24, 2.45) is 0 Å². The van der Waals surface area contributed by atoms with Gasteiger partial charge in [-0.25, -0.2) is 0 Å². The molecule has 1 saturated heterocycles. The van der Waals surface area contributed by atoms with Gasteiger partial charge in [-0.05, 0) is 37.6 Å². The molecule has 3 rings (SSSR count). The van der Waals surface area contributed by atoms with Gasteiger partial charge in [0, 0.05) is 18.8 Å². The van der Waals surface area contributed by atoms with Gasteiger partial charge in [-0.3, -0.25) is 4.79 Å². The average molecular weight is 331 g/mol. The first-order chi connectivity index (χ1) is 11.2. The fraction of sp³-hybridized carbons (Fsp3) is 0.389. The van der Waals surface area contributed by atoms with E-state index in [9.17, 15) is 4.79 Å². The van der Waals surface area contributed by atoms with Gasteiger partial charge >= 0.3 is 0 Å². The molecule has 23 heavy (non-hydrogen) atoms. The normalized spacial score (nSPS) is 18.5. The van der Waals surface area contributed by atoms with E-state index in [0.29, 0.717) is 5.25 Å². The van der Waals surface area contributed by atoms with Crippen LogP contribution in [0.5, 0.6) is 5.75 Å². The molecule has 4 nitrogen and oxygen atoms in total. The fourth-order valence-electron chi connectivity index (χ4n) is 2.59. The van der Waals surface area contributed by atoms with Gasteiger partial charge in [0.2, 0.25) is 0 Å². The minimum absolute atomic E-state index is 0.0475. The van der Waals surface area contributed by atoms with Crippen LogP contribution in [0.25, 0.3) is 0 Å². The van der Waals surface area contributed by atoms with Crippen LogP contribution in [0.2, 0.25) is 0 Å². The molecule has 2 aromatic rings. The molecule has 1 unspecified atom stereocenters. The zero-order valence-electron chi connectivity index (χ0n) is 13.2. The molecular formula is C18H21NO3S. The molecule has 1 aliphatic heterocycles. The van der Waals surface area contributed by atoms with Crippen LogP contribution in [-0.4, -0.2) is 36.3 Å². The second kappa shape index (κ2) is 7.59. The number of thioether (sulfide) groups is 1. The second-order valence-electron chi connectivity index (χ2n) is 5.65. The molecule has 122 valence electrons. The molecular weight excluding hydrogens is 310 g/mol. The Hall–Kier alpha value is -1.88. The van der Waals surface area contributed by atoms with E-state index in [1.807, 2.05) is 60.0 Å². The lowest BCUT2D eigenvalue weighted by Crippen LogP contribution is -2.36. The first kappa shape index (κ1) is 16.0. The van der Waals surface area contributed by atoms with Crippen LogP contribution < -0.4 is 4.74 Å². The summed E-state index contributed by atoms with van der Waals surface area (Å²) >= 11 is 1.85. The highest BCUT2D eigenvalue weighted by Gasteiger charge is 2.23. The van der Waals surface area contributed by atoms with Crippen molar-refractivity contribution in [2.45, 2.75) is 18.6 Å². The molecule has 1 aliphatic rings. The monoisotopic (exact) mass is 331 g/mol. The van der Waals surface area contributed by atoms with E-state index in [2.05, 4.69) is 0 Å². The quantitative estimate of drug-likeness (QED) is 0.857. The molecule has 1 aromatic carbocycles. The molecule has 1 aromatic heterocycles. The maximum atomic E-state index is 12.4. The van der Waals surface area contributed by atoms with Crippen LogP contribution in [0.3, 0.4) is 0 Å². The highest BCUT2D eigenvalue weighted by atomic mass is 32.2. The van der Waals surface area contributed by atoms with Gasteiger partial charge in [-0.2, -0.15) is 0 Å². The van der Waals surface area contributed by atoms with Crippen molar-refractivity contribution in [3.05, 3.63) is 54.0 Å². The van der Waals surface area contributed by atoms with Crippen molar-refractivity contribution in [1.82, 2.24) is 4.90 Å². The molecule has 0 aliphatic carbocycles. The predicted molar refractivity (Wildman–Crippen MR) is 91.8 cm³/mol. The van der Waals surface area contributed by atoms with Gasteiger partial charge in [0.15, 0.2) is 6.61 Å². The minimum Gasteiger partial charge on any atom is -0.484 e. The first-order valence-electron chi connectivity index (χ1n) is 7.84. The number of benzene rings is 1. The topological polar surface area (TPSA) is 42.7 Å². The lowest BCUT2D eigenvalue weighted by molar-refractivity contribution is -0.133. The van der Waals surface area contributed by atoms with Crippen molar-refractivity contribution in [2.75, 3.05) is 25.4 Å². The van der Waals surface area contributed by atoms with E-state index in [-0.39, 0.29) is 12.5 Å². The Morgan fingerprint density at radius 3 is 2.87 bits per heavy atom. The van der Waals surface area contributed by atoms with Crippen molar-refractivity contribution < 1.29 is 13.9 Å². The van der Waals surface area contributed by atoms with Crippen molar-refractivity contribution >= 4 is 17.7 Å². The van der Waals surface area contributed by atoms with Crippen molar-refractivity contribution in [3.8, 4) is 5.75 Å². The minimum atomic E-state index is 0.0475. The molecule has 2 heterocycles. The maximum Gasteiger partial charge on any atom is 0.260 e. The third kappa shape index (κ3) is 4.32. The molecule has 0 bridgehead atoms. The Kier molecular flexibility index (Phi) is 5.28. The highest BCUT2D eigenvalue weighted by Crippen LogP contribution is 2.34. The fourth-order valence-corrected chi connectivity index (χ4v) is 3.77. The number of ether oxygens (including phenoxy) is 1. The standard InChI is InChI=1S/C18H21NO3S/c1-14-4-6-15(7-5-14)22-13-18(20)19-9-8-17(23-12-10-19)16-3-2-11-21-16/h2-7,11,17H,8-10,12-13H2,1H3. The Morgan fingerprint density at radius 1 is 1.30 bits per heavy atom. The molecule has 0 saturated carbocycles. The van der Waals surface area contributed by atoms with Gasteiger partial charge in [0.25, 0.3) is 5.91 Å². The van der Waals surface area contributed by atoms with Crippen molar-refractivity contribution in [3.63, 3.8) is 0 Å². The van der Waals surface area contributed by atoms with Gasteiger partial charge in [-0.15, -0.1) is 11.8 Å². The summed E-state index contributed by atoms with van der Waals surface area (Å²) in [5, 5.41) is 0.334. The maximum absolute atomic E-state index is 12.4. The van der Waals surface area contributed by atoms with Crippen LogP contribution in [-0.2, 0) is 4.79 Å². The number of amides is 1. The second-order valence-corrected chi connectivity index (χ2v) is 6.96. The Labute approximate surface area is 140 Å². The van der Waals surface area contributed by atoms with E-state index in [1.165, 1.54) is 5.56 Å². The lowest BCUT2D eigenvalue weighted by Gasteiger charge is -2.20. The number of furan rings is 1. The van der Waals surface area contributed by atoms with E-state index < -0.39 is 0 Å². The molecule has 0 spiro atoms. The Bertz CT molecular complexity index is 624. The van der Waals surface area contributed by atoms with E-state index in [0.717, 1.165) is 36.8 Å². The number of carbonyl (C=O) groups is 1. The average Bonchev–Trinajstić information content (AvgIpc) is 2.98. The first-order valence-corrected chi connectivity index (χ1v) is 8.89. The molecule has 0 radical (unpaired) electrons. The smallest absolute Gasteiger partial charge is 0.260 e. The van der Waals surface area contributed by atoms with Crippen molar-refractivity contribution in [1.29, 1.82) is 0 Å². The molecule has 1 fully saturated rings. The number of hydrogen-bond donors (Lipinski definition) is 0. The number of rotatable bonds is 4. The van der Waals surface area contributed by atoms with Gasteiger partial charge in [-0.1, -0.05) is 17.7 Å². The number of aryl methyl sites for hydroxylation is 1. The van der Waals surface area contributed by atoms with Gasteiger partial charge in [0.1, 0.15) is 11.5 Å². The number of carbonyl (C=O) groups excluding carboxylic acids is 1. The molecule has 0 N–H and O–H groups in total. The molecule has 5 heteroatoms. The predicted octanol–water partition coefficient (Wildman–Crippen LogP) is 3.67. The van der Waals surface area contributed by atoms with E-state index >= 15 is 0 Å². The summed E-state index contributed by atoms with van der Waals surface area (Å²) in [7, 11) is 0. The van der Waals surface area contributed by atoms with Gasteiger partial charge in [0.05, 0.1) is 11.5 Å². The molecule has 1 amide bonds. The van der Waals surface area contributed by atoms with Crippen LogP contribution >= 0.6 is 11.8 Å². The number of nitrogens with zero attached hydrogens (tertiary/aromatic N) is 1. The van der Waals surface area contributed by atoms with Crippen LogP contribution in [0, 0.1) is 6.92 Å². The Morgan fingerprint density at radius 2 is 2.13 bits per heavy atom. The third-order valence-electron chi connectivity index (χ3n) is 3.94. The molecule has 1 atom stereocenters. The summed E-state index contributed by atoms with van der Waals surface area (Å²) in [6.07, 6.45) is 2.62. The summed E-state index contributed by atoms with van der Waals surface area (Å²) in [5.41, 5.74) is 1.18. The summed E-state index contributed by atoms with van der Waals surface area (Å²) in [4.78, 5) is 14.2. The van der Waals surface area contributed by atoms with Crippen LogP contribution in [0.4, 0.5) is 0 Å². The highest BCUT2D eigenvalue weighted by molar-refractivity contribution is 7.99. The summed E-state index contributed by atoms with van der Waals surface area (Å²) < 4.78 is 11.1. The summed E-state index contributed by atoms with van der Waals surface area (Å²) in [6.45, 7) is 3.63. The SMILES string of the molecule is Cc1ccc(OCC(=O)N2CCSC(c3ccco3)CC2)cc1. The van der Waals surface area contributed by atoms with E-state index in [4.69, 9.17) is 9.15 Å². The van der Waals surface area contributed by atoms with E-state index in [1.54, 1.807) is 6.26 Å².